The molecule has 3 rings (SSSR count). The molecule has 0 radical (unpaired) electrons. The second kappa shape index (κ2) is 5.92. The van der Waals surface area contributed by atoms with Gasteiger partial charge < -0.3 is 15.8 Å². The van der Waals surface area contributed by atoms with Crippen LogP contribution in [0.5, 0.6) is 11.5 Å². The maximum Gasteiger partial charge on any atom is 0.173 e. The van der Waals surface area contributed by atoms with Crippen molar-refractivity contribution in [3.63, 3.8) is 0 Å². The Morgan fingerprint density at radius 2 is 1.57 bits per heavy atom. The molecule has 0 unspecified atom stereocenters. The van der Waals surface area contributed by atoms with E-state index in [0.29, 0.717) is 17.4 Å². The highest BCUT2D eigenvalue weighted by atomic mass is 16.5. The topological polar surface area (TPSA) is 73.1 Å². The summed E-state index contributed by atoms with van der Waals surface area (Å²) in [7, 11) is 0. The number of nitrogens with two attached hydrogens (primary N) is 1. The number of nitrogens with zero attached hydrogens (tertiary/aromatic N) is 2. The summed E-state index contributed by atoms with van der Waals surface area (Å²) in [5.41, 5.74) is 6.57. The molecule has 0 spiro atoms. The highest BCUT2D eigenvalue weighted by molar-refractivity contribution is 5.70. The summed E-state index contributed by atoms with van der Waals surface area (Å²) in [6, 6.07) is 17.2. The number of para-hydroxylation sites is 3. The van der Waals surface area contributed by atoms with Crippen LogP contribution in [0.15, 0.2) is 67.0 Å². The summed E-state index contributed by atoms with van der Waals surface area (Å²) < 4.78 is 5.87. The third-order valence-electron chi connectivity index (χ3n) is 2.84. The van der Waals surface area contributed by atoms with E-state index in [2.05, 4.69) is 15.3 Å². The number of rotatable bonds is 4. The predicted molar refractivity (Wildman–Crippen MR) is 82.7 cm³/mol. The first kappa shape index (κ1) is 12.9. The lowest BCUT2D eigenvalue weighted by molar-refractivity contribution is 0.485. The van der Waals surface area contributed by atoms with Crippen LogP contribution in [0.25, 0.3) is 0 Å². The number of nitrogens with one attached hydrogen (secondary N) is 1. The molecule has 0 aliphatic heterocycles. The Labute approximate surface area is 122 Å². The number of benzene rings is 2. The van der Waals surface area contributed by atoms with Crippen molar-refractivity contribution in [1.29, 1.82) is 0 Å². The van der Waals surface area contributed by atoms with E-state index in [1.165, 1.54) is 0 Å². The average molecular weight is 278 g/mol. The molecule has 0 atom stereocenters. The van der Waals surface area contributed by atoms with Crippen LogP contribution in [-0.2, 0) is 0 Å². The highest BCUT2D eigenvalue weighted by Crippen LogP contribution is 2.31. The SMILES string of the molecule is Nc1nccnc1Nc1ccccc1Oc1ccccc1. The Bertz CT molecular complexity index is 731. The van der Waals surface area contributed by atoms with Gasteiger partial charge in [-0.05, 0) is 24.3 Å². The Morgan fingerprint density at radius 3 is 2.38 bits per heavy atom. The van der Waals surface area contributed by atoms with Crippen molar-refractivity contribution in [3.05, 3.63) is 67.0 Å². The van der Waals surface area contributed by atoms with Gasteiger partial charge >= 0.3 is 0 Å². The summed E-state index contributed by atoms with van der Waals surface area (Å²) in [5.74, 6) is 2.29. The molecule has 0 amide bonds. The van der Waals surface area contributed by atoms with Gasteiger partial charge in [-0.1, -0.05) is 30.3 Å². The molecule has 5 heteroatoms. The Balaban J connectivity index is 1.88. The van der Waals surface area contributed by atoms with E-state index in [4.69, 9.17) is 10.5 Å². The fraction of sp³-hybridized carbons (Fsp3) is 0. The van der Waals surface area contributed by atoms with Crippen LogP contribution in [0, 0.1) is 0 Å². The van der Waals surface area contributed by atoms with E-state index in [-0.39, 0.29) is 0 Å². The van der Waals surface area contributed by atoms with Gasteiger partial charge in [-0.25, -0.2) is 9.97 Å². The first-order chi connectivity index (χ1) is 10.3. The monoisotopic (exact) mass is 278 g/mol. The molecule has 0 bridgehead atoms. The van der Waals surface area contributed by atoms with E-state index in [9.17, 15) is 0 Å². The van der Waals surface area contributed by atoms with Crippen molar-refractivity contribution in [2.24, 2.45) is 0 Å². The van der Waals surface area contributed by atoms with E-state index in [1.54, 1.807) is 12.4 Å². The van der Waals surface area contributed by atoms with Crippen LogP contribution in [0.4, 0.5) is 17.3 Å². The zero-order valence-electron chi connectivity index (χ0n) is 11.2. The molecule has 21 heavy (non-hydrogen) atoms. The lowest BCUT2D eigenvalue weighted by Crippen LogP contribution is -2.01. The first-order valence-electron chi connectivity index (χ1n) is 6.48. The summed E-state index contributed by atoms with van der Waals surface area (Å²) >= 11 is 0. The summed E-state index contributed by atoms with van der Waals surface area (Å²) in [5, 5.41) is 3.14. The molecule has 0 saturated carbocycles. The van der Waals surface area contributed by atoms with Crippen LogP contribution < -0.4 is 15.8 Å². The normalized spacial score (nSPS) is 10.1. The van der Waals surface area contributed by atoms with Gasteiger partial charge in [-0.3, -0.25) is 0 Å². The minimum absolute atomic E-state index is 0.340. The predicted octanol–water partition coefficient (Wildman–Crippen LogP) is 3.59. The van der Waals surface area contributed by atoms with Gasteiger partial charge in [0.2, 0.25) is 0 Å². The van der Waals surface area contributed by atoms with Crippen LogP contribution in [-0.4, -0.2) is 9.97 Å². The molecule has 5 nitrogen and oxygen atoms in total. The maximum atomic E-state index is 5.87. The lowest BCUT2D eigenvalue weighted by atomic mass is 10.3. The summed E-state index contributed by atoms with van der Waals surface area (Å²) in [6.45, 7) is 0. The van der Waals surface area contributed by atoms with E-state index < -0.39 is 0 Å². The molecule has 0 fully saturated rings. The maximum absolute atomic E-state index is 5.87. The third-order valence-corrected chi connectivity index (χ3v) is 2.84. The highest BCUT2D eigenvalue weighted by Gasteiger charge is 2.07. The van der Waals surface area contributed by atoms with Crippen LogP contribution in [0.2, 0.25) is 0 Å². The van der Waals surface area contributed by atoms with Crippen LogP contribution >= 0.6 is 0 Å². The smallest absolute Gasteiger partial charge is 0.173 e. The quantitative estimate of drug-likeness (QED) is 0.763. The summed E-state index contributed by atoms with van der Waals surface area (Å²) in [4.78, 5) is 8.17. The standard InChI is InChI=1S/C16H14N4O/c17-15-16(19-11-10-18-15)20-13-8-4-5-9-14(13)21-12-6-2-1-3-7-12/h1-11H,(H2,17,18)(H,19,20). The Hall–Kier alpha value is -3.08. The minimum atomic E-state index is 0.340. The number of ether oxygens (including phenoxy) is 1. The lowest BCUT2D eigenvalue weighted by Gasteiger charge is -2.13. The molecule has 1 heterocycles. The molecule has 0 saturated heterocycles. The van der Waals surface area contributed by atoms with Gasteiger partial charge in [0.25, 0.3) is 0 Å². The number of hydrogen-bond acceptors (Lipinski definition) is 5. The molecule has 0 aliphatic rings. The third kappa shape index (κ3) is 3.09. The van der Waals surface area contributed by atoms with E-state index in [0.717, 1.165) is 11.4 Å². The van der Waals surface area contributed by atoms with Crippen LogP contribution in [0.1, 0.15) is 0 Å². The van der Waals surface area contributed by atoms with Gasteiger partial charge in [0.05, 0.1) is 5.69 Å². The molecule has 104 valence electrons. The van der Waals surface area contributed by atoms with Crippen molar-refractivity contribution >= 4 is 17.3 Å². The number of nitrogen functional groups attached to an aromatic ring is 1. The van der Waals surface area contributed by atoms with Crippen LogP contribution in [0.3, 0.4) is 0 Å². The van der Waals surface area contributed by atoms with Crippen molar-refractivity contribution in [2.45, 2.75) is 0 Å². The zero-order valence-corrected chi connectivity index (χ0v) is 11.2. The second-order valence-corrected chi connectivity index (χ2v) is 4.33. The van der Waals surface area contributed by atoms with Crippen molar-refractivity contribution < 1.29 is 4.74 Å². The molecular formula is C16H14N4O. The molecular weight excluding hydrogens is 264 g/mol. The fourth-order valence-corrected chi connectivity index (χ4v) is 1.85. The minimum Gasteiger partial charge on any atom is -0.455 e. The number of anilines is 3. The number of aromatic nitrogens is 2. The average Bonchev–Trinajstić information content (AvgIpc) is 2.52. The van der Waals surface area contributed by atoms with Crippen molar-refractivity contribution in [1.82, 2.24) is 9.97 Å². The second-order valence-electron chi connectivity index (χ2n) is 4.33. The first-order valence-corrected chi connectivity index (χ1v) is 6.48. The van der Waals surface area contributed by atoms with Gasteiger partial charge in [0.15, 0.2) is 17.4 Å². The Morgan fingerprint density at radius 1 is 0.857 bits per heavy atom. The molecule has 3 N–H and O–H groups in total. The number of hydrogen-bond donors (Lipinski definition) is 2. The van der Waals surface area contributed by atoms with E-state index >= 15 is 0 Å². The Kier molecular flexibility index (Phi) is 3.64. The summed E-state index contributed by atoms with van der Waals surface area (Å²) in [6.07, 6.45) is 3.13. The van der Waals surface area contributed by atoms with Gasteiger partial charge in [-0.15, -0.1) is 0 Å². The molecule has 0 aliphatic carbocycles. The van der Waals surface area contributed by atoms with Gasteiger partial charge in [0, 0.05) is 12.4 Å². The van der Waals surface area contributed by atoms with Crippen molar-refractivity contribution in [2.75, 3.05) is 11.1 Å². The molecule has 3 aromatic rings. The largest absolute Gasteiger partial charge is 0.455 e. The fourth-order valence-electron chi connectivity index (χ4n) is 1.85. The zero-order chi connectivity index (χ0) is 14.5. The van der Waals surface area contributed by atoms with Crippen molar-refractivity contribution in [3.8, 4) is 11.5 Å². The van der Waals surface area contributed by atoms with Gasteiger partial charge in [-0.2, -0.15) is 0 Å². The molecule has 1 aromatic heterocycles. The van der Waals surface area contributed by atoms with Gasteiger partial charge in [0.1, 0.15) is 5.75 Å². The molecule has 2 aromatic carbocycles. The van der Waals surface area contributed by atoms with E-state index in [1.807, 2.05) is 54.6 Å².